The van der Waals surface area contributed by atoms with Gasteiger partial charge in [-0.15, -0.1) is 0 Å². The molecule has 5 aliphatic carbocycles. The molecule has 3 heteroatoms. The smallest absolute Gasteiger partial charge is 0.220 e. The highest BCUT2D eigenvalue weighted by Gasteiger charge is 2.52. The minimum Gasteiger partial charge on any atom is -0.381 e. The molecule has 6 fully saturated rings. The van der Waals surface area contributed by atoms with Gasteiger partial charge in [0.05, 0.1) is 0 Å². The molecule has 1 unspecified atom stereocenters. The van der Waals surface area contributed by atoms with E-state index in [1.54, 1.807) is 0 Å². The Bertz CT molecular complexity index is 459. The lowest BCUT2D eigenvalue weighted by molar-refractivity contribution is -0.134. The third-order valence-corrected chi connectivity index (χ3v) is 8.19. The van der Waals surface area contributed by atoms with E-state index < -0.39 is 0 Å². The third-order valence-electron chi connectivity index (χ3n) is 8.19. The SMILES string of the molecule is O=C(CC12CC3CC(CC(C3)C1)C2)NC1CCC12CCOCC2. The van der Waals surface area contributed by atoms with E-state index in [1.165, 1.54) is 51.4 Å². The fourth-order valence-electron chi connectivity index (χ4n) is 7.39. The summed E-state index contributed by atoms with van der Waals surface area (Å²) in [7, 11) is 0. The van der Waals surface area contributed by atoms with Crippen LogP contribution in [0.5, 0.6) is 0 Å². The van der Waals surface area contributed by atoms with Gasteiger partial charge in [0.25, 0.3) is 0 Å². The van der Waals surface area contributed by atoms with Crippen LogP contribution in [0.2, 0.25) is 0 Å². The van der Waals surface area contributed by atoms with Crippen molar-refractivity contribution < 1.29 is 9.53 Å². The van der Waals surface area contributed by atoms with Crippen LogP contribution < -0.4 is 5.32 Å². The molecule has 6 rings (SSSR count). The standard InChI is InChI=1S/C20H31NO2/c22-18(21-17-1-2-20(17)3-5-23-6-4-20)13-19-10-14-7-15(11-19)9-16(8-14)12-19/h14-17H,1-13H2,(H,21,22). The Morgan fingerprint density at radius 2 is 1.57 bits per heavy atom. The zero-order chi connectivity index (χ0) is 15.5. The highest BCUT2D eigenvalue weighted by Crippen LogP contribution is 2.61. The summed E-state index contributed by atoms with van der Waals surface area (Å²) in [4.78, 5) is 12.8. The molecule has 1 atom stereocenters. The summed E-state index contributed by atoms with van der Waals surface area (Å²) in [5.41, 5.74) is 0.765. The van der Waals surface area contributed by atoms with Crippen LogP contribution in [0.1, 0.15) is 70.6 Å². The van der Waals surface area contributed by atoms with Crippen LogP contribution >= 0.6 is 0 Å². The molecule has 1 aliphatic heterocycles. The monoisotopic (exact) mass is 317 g/mol. The quantitative estimate of drug-likeness (QED) is 0.862. The second-order valence-electron chi connectivity index (χ2n) is 9.73. The lowest BCUT2D eigenvalue weighted by Crippen LogP contribution is -2.58. The molecule has 1 amide bonds. The topological polar surface area (TPSA) is 38.3 Å². The van der Waals surface area contributed by atoms with E-state index in [0.717, 1.165) is 50.2 Å². The molecule has 0 radical (unpaired) electrons. The largest absolute Gasteiger partial charge is 0.381 e. The highest BCUT2D eigenvalue weighted by molar-refractivity contribution is 5.77. The van der Waals surface area contributed by atoms with Gasteiger partial charge in [-0.3, -0.25) is 4.79 Å². The van der Waals surface area contributed by atoms with Crippen LogP contribution in [0.3, 0.4) is 0 Å². The molecule has 1 N–H and O–H groups in total. The summed E-state index contributed by atoms with van der Waals surface area (Å²) in [5, 5.41) is 3.46. The lowest BCUT2D eigenvalue weighted by atomic mass is 9.49. The average molecular weight is 317 g/mol. The van der Waals surface area contributed by atoms with Gasteiger partial charge in [-0.05, 0) is 92.8 Å². The van der Waals surface area contributed by atoms with Gasteiger partial charge in [0, 0.05) is 25.7 Å². The molecule has 0 aromatic heterocycles. The summed E-state index contributed by atoms with van der Waals surface area (Å²) < 4.78 is 5.53. The maximum atomic E-state index is 12.8. The molecule has 5 saturated carbocycles. The van der Waals surface area contributed by atoms with E-state index in [1.807, 2.05) is 0 Å². The molecule has 1 spiro atoms. The zero-order valence-electron chi connectivity index (χ0n) is 14.3. The summed E-state index contributed by atoms with van der Waals surface area (Å²) >= 11 is 0. The molecule has 128 valence electrons. The van der Waals surface area contributed by atoms with Crippen LogP contribution in [0.15, 0.2) is 0 Å². The van der Waals surface area contributed by atoms with Crippen molar-refractivity contribution >= 4 is 5.91 Å². The predicted octanol–water partition coefficient (Wildman–Crippen LogP) is 3.67. The lowest BCUT2D eigenvalue weighted by Gasteiger charge is -2.57. The number of amides is 1. The molecule has 1 heterocycles. The summed E-state index contributed by atoms with van der Waals surface area (Å²) in [6.07, 6.45) is 14.0. The third kappa shape index (κ3) is 2.45. The van der Waals surface area contributed by atoms with Crippen molar-refractivity contribution in [3.63, 3.8) is 0 Å². The minimum absolute atomic E-state index is 0.363. The van der Waals surface area contributed by atoms with Gasteiger partial charge in [0.1, 0.15) is 0 Å². The van der Waals surface area contributed by atoms with Crippen LogP contribution in [-0.2, 0) is 9.53 Å². The molecule has 0 aromatic rings. The fourth-order valence-corrected chi connectivity index (χ4v) is 7.39. The molecular formula is C20H31NO2. The van der Waals surface area contributed by atoms with Gasteiger partial charge in [0.2, 0.25) is 5.91 Å². The zero-order valence-corrected chi connectivity index (χ0v) is 14.3. The normalized spacial score (nSPS) is 46.6. The van der Waals surface area contributed by atoms with Crippen molar-refractivity contribution in [3.8, 4) is 0 Å². The van der Waals surface area contributed by atoms with Crippen LogP contribution in [0.25, 0.3) is 0 Å². The van der Waals surface area contributed by atoms with Crippen molar-refractivity contribution in [1.82, 2.24) is 5.32 Å². The first-order chi connectivity index (χ1) is 11.1. The minimum atomic E-state index is 0.363. The van der Waals surface area contributed by atoms with Gasteiger partial charge in [-0.25, -0.2) is 0 Å². The number of hydrogen-bond acceptors (Lipinski definition) is 2. The van der Waals surface area contributed by atoms with E-state index >= 15 is 0 Å². The number of ether oxygens (including phenoxy) is 1. The summed E-state index contributed by atoms with van der Waals surface area (Å²) in [6.45, 7) is 1.78. The Balaban J connectivity index is 1.22. The van der Waals surface area contributed by atoms with Gasteiger partial charge in [-0.1, -0.05) is 0 Å². The van der Waals surface area contributed by atoms with Gasteiger partial charge in [-0.2, -0.15) is 0 Å². The van der Waals surface area contributed by atoms with Gasteiger partial charge >= 0.3 is 0 Å². The number of carbonyl (C=O) groups excluding carboxylic acids is 1. The van der Waals surface area contributed by atoms with E-state index in [0.29, 0.717) is 22.8 Å². The average Bonchev–Trinajstić information content (AvgIpc) is 2.51. The van der Waals surface area contributed by atoms with E-state index in [-0.39, 0.29) is 0 Å². The Kier molecular flexibility index (Phi) is 3.34. The van der Waals surface area contributed by atoms with Gasteiger partial charge in [0.15, 0.2) is 0 Å². The Labute approximate surface area is 139 Å². The Morgan fingerprint density at radius 1 is 0.957 bits per heavy atom. The van der Waals surface area contributed by atoms with Crippen LogP contribution in [0.4, 0.5) is 0 Å². The van der Waals surface area contributed by atoms with Crippen molar-refractivity contribution in [3.05, 3.63) is 0 Å². The van der Waals surface area contributed by atoms with E-state index in [9.17, 15) is 4.79 Å². The molecule has 4 bridgehead atoms. The van der Waals surface area contributed by atoms with E-state index in [2.05, 4.69) is 5.32 Å². The molecule has 1 saturated heterocycles. The fraction of sp³-hybridized carbons (Fsp3) is 0.950. The molecule has 3 nitrogen and oxygen atoms in total. The van der Waals surface area contributed by atoms with E-state index in [4.69, 9.17) is 4.74 Å². The van der Waals surface area contributed by atoms with Crippen molar-refractivity contribution in [2.45, 2.75) is 76.7 Å². The summed E-state index contributed by atoms with van der Waals surface area (Å²) in [6, 6.07) is 0.438. The van der Waals surface area contributed by atoms with Crippen LogP contribution in [0, 0.1) is 28.6 Å². The van der Waals surface area contributed by atoms with Crippen molar-refractivity contribution in [2.24, 2.45) is 28.6 Å². The number of rotatable bonds is 3. The second kappa shape index (κ2) is 5.21. The maximum Gasteiger partial charge on any atom is 0.220 e. The molecule has 0 aromatic carbocycles. The molecular weight excluding hydrogens is 286 g/mol. The van der Waals surface area contributed by atoms with Crippen molar-refractivity contribution in [1.29, 1.82) is 0 Å². The summed E-state index contributed by atoms with van der Waals surface area (Å²) in [5.74, 6) is 3.20. The maximum absolute atomic E-state index is 12.8. The number of hydrogen-bond donors (Lipinski definition) is 1. The highest BCUT2D eigenvalue weighted by atomic mass is 16.5. The molecule has 23 heavy (non-hydrogen) atoms. The predicted molar refractivity (Wildman–Crippen MR) is 88.9 cm³/mol. The second-order valence-corrected chi connectivity index (χ2v) is 9.73. The van der Waals surface area contributed by atoms with Crippen LogP contribution in [-0.4, -0.2) is 25.2 Å². The first-order valence-corrected chi connectivity index (χ1v) is 10.0. The first kappa shape index (κ1) is 14.7. The van der Waals surface area contributed by atoms with Crippen molar-refractivity contribution in [2.75, 3.05) is 13.2 Å². The molecule has 6 aliphatic rings. The van der Waals surface area contributed by atoms with Gasteiger partial charge < -0.3 is 10.1 Å². The Morgan fingerprint density at radius 3 is 2.09 bits per heavy atom. The number of carbonyl (C=O) groups is 1. The Hall–Kier alpha value is -0.570. The first-order valence-electron chi connectivity index (χ1n) is 10.0. The number of nitrogens with one attached hydrogen (secondary N) is 1.